The normalized spacial score (nSPS) is 10.0. The number of hydrazine groups is 1. The van der Waals surface area contributed by atoms with Crippen molar-refractivity contribution >= 4 is 52.6 Å². The molecule has 0 saturated heterocycles. The highest BCUT2D eigenvalue weighted by molar-refractivity contribution is 6.42. The molecule has 0 aliphatic heterocycles. The fraction of sp³-hybridized carbons (Fsp3) is 0.0625. The van der Waals surface area contributed by atoms with Crippen LogP contribution in [0.2, 0.25) is 15.1 Å². The molecule has 2 aromatic rings. The molecule has 0 aromatic heterocycles. The molecule has 9 heteroatoms. The number of ether oxygens (including phenoxy) is 1. The Balaban J connectivity index is 1.82. The van der Waals surface area contributed by atoms with E-state index in [9.17, 15) is 14.4 Å². The Morgan fingerprint density at radius 1 is 0.880 bits per heavy atom. The molecule has 0 radical (unpaired) electrons. The number of carbonyl (C=O) groups is 3. The lowest BCUT2D eigenvalue weighted by atomic mass is 10.2. The molecule has 0 atom stereocenters. The van der Waals surface area contributed by atoms with Crippen molar-refractivity contribution in [2.75, 3.05) is 6.61 Å². The fourth-order valence-electron chi connectivity index (χ4n) is 1.71. The zero-order chi connectivity index (χ0) is 18.4. The molecular weight excluding hydrogens is 391 g/mol. The van der Waals surface area contributed by atoms with Gasteiger partial charge < -0.3 is 4.74 Å². The third-order valence-electron chi connectivity index (χ3n) is 2.92. The maximum Gasteiger partial charge on any atom is 0.338 e. The summed E-state index contributed by atoms with van der Waals surface area (Å²) in [7, 11) is 0. The minimum Gasteiger partial charge on any atom is -0.452 e. The first-order valence-corrected chi connectivity index (χ1v) is 7.97. The lowest BCUT2D eigenvalue weighted by Crippen LogP contribution is -2.43. The first-order valence-electron chi connectivity index (χ1n) is 6.84. The highest BCUT2D eigenvalue weighted by Gasteiger charge is 2.13. The van der Waals surface area contributed by atoms with Gasteiger partial charge >= 0.3 is 5.97 Å². The van der Waals surface area contributed by atoms with E-state index in [2.05, 4.69) is 10.9 Å². The van der Waals surface area contributed by atoms with Gasteiger partial charge in [-0.3, -0.25) is 20.4 Å². The summed E-state index contributed by atoms with van der Waals surface area (Å²) in [5, 5.41) is 0.714. The van der Waals surface area contributed by atoms with E-state index in [-0.39, 0.29) is 21.2 Å². The monoisotopic (exact) mass is 400 g/mol. The van der Waals surface area contributed by atoms with Crippen LogP contribution in [0.3, 0.4) is 0 Å². The second-order valence-corrected chi connectivity index (χ2v) is 5.91. The van der Waals surface area contributed by atoms with Gasteiger partial charge in [-0.15, -0.1) is 0 Å². The maximum atomic E-state index is 11.9. The Morgan fingerprint density at radius 3 is 2.28 bits per heavy atom. The number of nitrogens with one attached hydrogen (secondary N) is 2. The molecular formula is C16H11Cl3N2O4. The number of hydrogen-bond donors (Lipinski definition) is 2. The van der Waals surface area contributed by atoms with Gasteiger partial charge in [0.25, 0.3) is 11.8 Å². The first kappa shape index (κ1) is 19.1. The Hall–Kier alpha value is -2.28. The van der Waals surface area contributed by atoms with Crippen molar-refractivity contribution in [1.82, 2.24) is 10.9 Å². The van der Waals surface area contributed by atoms with Crippen LogP contribution >= 0.6 is 34.8 Å². The van der Waals surface area contributed by atoms with E-state index in [1.54, 1.807) is 12.1 Å². The van der Waals surface area contributed by atoms with Crippen molar-refractivity contribution in [2.24, 2.45) is 0 Å². The van der Waals surface area contributed by atoms with Crippen LogP contribution in [-0.2, 0) is 9.53 Å². The van der Waals surface area contributed by atoms with E-state index in [4.69, 9.17) is 39.5 Å². The number of benzene rings is 2. The van der Waals surface area contributed by atoms with E-state index in [0.717, 1.165) is 0 Å². The predicted molar refractivity (Wildman–Crippen MR) is 93.8 cm³/mol. The summed E-state index contributed by atoms with van der Waals surface area (Å²) in [5.41, 5.74) is 4.61. The molecule has 0 aliphatic rings. The molecule has 0 saturated carbocycles. The Kier molecular flexibility index (Phi) is 6.64. The van der Waals surface area contributed by atoms with E-state index in [1.165, 1.54) is 30.3 Å². The maximum absolute atomic E-state index is 11.9. The number of rotatable bonds is 4. The summed E-state index contributed by atoms with van der Waals surface area (Å²) >= 11 is 17.4. The van der Waals surface area contributed by atoms with Crippen LogP contribution < -0.4 is 10.9 Å². The van der Waals surface area contributed by atoms with Gasteiger partial charge in [-0.2, -0.15) is 0 Å². The van der Waals surface area contributed by atoms with Crippen molar-refractivity contribution < 1.29 is 19.1 Å². The summed E-state index contributed by atoms with van der Waals surface area (Å²) in [4.78, 5) is 35.3. The third kappa shape index (κ3) is 5.35. The number of hydrogen-bond acceptors (Lipinski definition) is 4. The molecule has 2 rings (SSSR count). The van der Waals surface area contributed by atoms with E-state index < -0.39 is 24.4 Å². The summed E-state index contributed by atoms with van der Waals surface area (Å²) in [6.45, 7) is -0.595. The van der Waals surface area contributed by atoms with Crippen molar-refractivity contribution in [3.63, 3.8) is 0 Å². The zero-order valence-corrected chi connectivity index (χ0v) is 14.8. The highest BCUT2D eigenvalue weighted by atomic mass is 35.5. The molecule has 0 bridgehead atoms. The standard InChI is InChI=1S/C16H11Cl3N2O4/c17-11-4-2-1-3-10(11)15(23)21-20-14(22)8-25-16(24)9-5-6-12(18)13(19)7-9/h1-7H,8H2,(H,20,22)(H,21,23). The van der Waals surface area contributed by atoms with Gasteiger partial charge in [0.2, 0.25) is 0 Å². The summed E-state index contributed by atoms with van der Waals surface area (Å²) in [5.74, 6) is -2.09. The van der Waals surface area contributed by atoms with Crippen molar-refractivity contribution in [2.45, 2.75) is 0 Å². The average molecular weight is 402 g/mol. The van der Waals surface area contributed by atoms with Gasteiger partial charge in [-0.25, -0.2) is 4.79 Å². The molecule has 2 N–H and O–H groups in total. The lowest BCUT2D eigenvalue weighted by molar-refractivity contribution is -0.125. The fourth-order valence-corrected chi connectivity index (χ4v) is 2.23. The number of amides is 2. The topological polar surface area (TPSA) is 84.5 Å². The van der Waals surface area contributed by atoms with Crippen molar-refractivity contribution in [1.29, 1.82) is 0 Å². The van der Waals surface area contributed by atoms with Crippen LogP contribution in [0.25, 0.3) is 0 Å². The van der Waals surface area contributed by atoms with Gasteiger partial charge in [-0.05, 0) is 30.3 Å². The largest absolute Gasteiger partial charge is 0.452 e. The molecule has 2 aromatic carbocycles. The van der Waals surface area contributed by atoms with E-state index in [1.807, 2.05) is 0 Å². The highest BCUT2D eigenvalue weighted by Crippen LogP contribution is 2.22. The van der Waals surface area contributed by atoms with Gasteiger partial charge in [0.1, 0.15) is 0 Å². The number of carbonyl (C=O) groups excluding carboxylic acids is 3. The SMILES string of the molecule is O=C(COC(=O)c1ccc(Cl)c(Cl)c1)NNC(=O)c1ccccc1Cl. The molecule has 0 aliphatic carbocycles. The van der Waals surface area contributed by atoms with Gasteiger partial charge in [0.05, 0.1) is 26.2 Å². The van der Waals surface area contributed by atoms with Crippen molar-refractivity contribution in [3.05, 3.63) is 68.7 Å². The number of esters is 1. The van der Waals surface area contributed by atoms with Gasteiger partial charge in [-0.1, -0.05) is 46.9 Å². The minimum absolute atomic E-state index is 0.141. The van der Waals surface area contributed by atoms with E-state index >= 15 is 0 Å². The molecule has 0 heterocycles. The van der Waals surface area contributed by atoms with Crippen LogP contribution in [0.5, 0.6) is 0 Å². The molecule has 0 spiro atoms. The average Bonchev–Trinajstić information content (AvgIpc) is 2.60. The summed E-state index contributed by atoms with van der Waals surface area (Å²) < 4.78 is 4.82. The molecule has 130 valence electrons. The first-order chi connectivity index (χ1) is 11.9. The Morgan fingerprint density at radius 2 is 1.60 bits per heavy atom. The Labute approximate surface area is 158 Å². The minimum atomic E-state index is -0.758. The second-order valence-electron chi connectivity index (χ2n) is 4.69. The predicted octanol–water partition coefficient (Wildman–Crippen LogP) is 3.26. The third-order valence-corrected chi connectivity index (χ3v) is 3.99. The number of halogens is 3. The van der Waals surface area contributed by atoms with Gasteiger partial charge in [0.15, 0.2) is 6.61 Å². The van der Waals surface area contributed by atoms with E-state index in [0.29, 0.717) is 5.02 Å². The van der Waals surface area contributed by atoms with Crippen molar-refractivity contribution in [3.8, 4) is 0 Å². The lowest BCUT2D eigenvalue weighted by Gasteiger charge is -2.09. The zero-order valence-electron chi connectivity index (χ0n) is 12.5. The smallest absolute Gasteiger partial charge is 0.338 e. The molecule has 0 fully saturated rings. The summed E-state index contributed by atoms with van der Waals surface area (Å²) in [6, 6.07) is 10.5. The van der Waals surface area contributed by atoms with Crippen LogP contribution in [0.15, 0.2) is 42.5 Å². The molecule has 2 amide bonds. The molecule has 6 nitrogen and oxygen atoms in total. The second kappa shape index (κ2) is 8.71. The summed E-state index contributed by atoms with van der Waals surface area (Å²) in [6.07, 6.45) is 0. The van der Waals surface area contributed by atoms with Crippen LogP contribution in [0.1, 0.15) is 20.7 Å². The Bertz CT molecular complexity index is 827. The quantitative estimate of drug-likeness (QED) is 0.608. The van der Waals surface area contributed by atoms with Crippen LogP contribution in [-0.4, -0.2) is 24.4 Å². The van der Waals surface area contributed by atoms with Crippen LogP contribution in [0.4, 0.5) is 0 Å². The molecule has 25 heavy (non-hydrogen) atoms. The van der Waals surface area contributed by atoms with Crippen LogP contribution in [0, 0.1) is 0 Å². The molecule has 0 unspecified atom stereocenters. The van der Waals surface area contributed by atoms with Gasteiger partial charge in [0, 0.05) is 0 Å².